The molecule has 8 heteroatoms. The predicted octanol–water partition coefficient (Wildman–Crippen LogP) is 4.79. The minimum atomic E-state index is -0.0185. The lowest BCUT2D eigenvalue weighted by atomic mass is 10.2. The summed E-state index contributed by atoms with van der Waals surface area (Å²) in [7, 11) is 1.67. The van der Waals surface area contributed by atoms with Crippen molar-refractivity contribution in [2.24, 2.45) is 0 Å². The fourth-order valence-corrected chi connectivity index (χ4v) is 4.10. The molecule has 0 saturated carbocycles. The van der Waals surface area contributed by atoms with Crippen LogP contribution >= 0.6 is 35.0 Å². The van der Waals surface area contributed by atoms with Crippen molar-refractivity contribution in [1.29, 1.82) is 0 Å². The zero-order chi connectivity index (χ0) is 19.9. The van der Waals surface area contributed by atoms with Crippen molar-refractivity contribution in [1.82, 2.24) is 14.9 Å². The van der Waals surface area contributed by atoms with E-state index in [0.29, 0.717) is 41.9 Å². The van der Waals surface area contributed by atoms with Crippen molar-refractivity contribution in [3.05, 3.63) is 58.1 Å². The van der Waals surface area contributed by atoms with E-state index in [1.807, 2.05) is 42.5 Å². The van der Waals surface area contributed by atoms with Crippen LogP contribution in [-0.2, 0) is 22.6 Å². The van der Waals surface area contributed by atoms with Gasteiger partial charge in [0.05, 0.1) is 17.6 Å². The number of nitrogens with one attached hydrogen (secondary N) is 1. The van der Waals surface area contributed by atoms with Gasteiger partial charge in [0.1, 0.15) is 0 Å². The second-order valence-corrected chi connectivity index (χ2v) is 8.04. The van der Waals surface area contributed by atoms with Crippen molar-refractivity contribution < 1.29 is 9.53 Å². The number of methoxy groups -OCH3 is 1. The predicted molar refractivity (Wildman–Crippen MR) is 115 cm³/mol. The summed E-state index contributed by atoms with van der Waals surface area (Å²) < 4.78 is 7.31. The van der Waals surface area contributed by atoms with Gasteiger partial charge in [-0.1, -0.05) is 53.2 Å². The van der Waals surface area contributed by atoms with Crippen molar-refractivity contribution in [2.75, 3.05) is 19.5 Å². The minimum Gasteiger partial charge on any atom is -0.383 e. The number of thioether (sulfide) groups is 1. The summed E-state index contributed by atoms with van der Waals surface area (Å²) in [6.07, 6.45) is 0.392. The number of nitrogens with zero attached hydrogens (tertiary/aromatic N) is 2. The van der Waals surface area contributed by atoms with Gasteiger partial charge in [0.15, 0.2) is 5.16 Å². The fourth-order valence-electron chi connectivity index (χ4n) is 2.75. The van der Waals surface area contributed by atoms with Crippen molar-refractivity contribution >= 4 is 51.9 Å². The van der Waals surface area contributed by atoms with Crippen molar-refractivity contribution in [3.63, 3.8) is 0 Å². The molecule has 5 nitrogen and oxygen atoms in total. The Hall–Kier alpha value is -1.73. The number of ether oxygens (including phenoxy) is 1. The Balaban J connectivity index is 1.58. The van der Waals surface area contributed by atoms with E-state index in [2.05, 4.69) is 14.9 Å². The number of imidazole rings is 1. The summed E-state index contributed by atoms with van der Waals surface area (Å²) >= 11 is 13.7. The maximum Gasteiger partial charge on any atom is 0.221 e. The molecular formula is C20H21Cl2N3O2S. The number of rotatable bonds is 9. The Morgan fingerprint density at radius 1 is 1.25 bits per heavy atom. The van der Waals surface area contributed by atoms with Gasteiger partial charge < -0.3 is 14.6 Å². The van der Waals surface area contributed by atoms with E-state index in [0.717, 1.165) is 21.8 Å². The summed E-state index contributed by atoms with van der Waals surface area (Å²) in [4.78, 5) is 16.8. The molecule has 0 atom stereocenters. The molecule has 0 spiro atoms. The van der Waals surface area contributed by atoms with E-state index in [9.17, 15) is 4.79 Å². The van der Waals surface area contributed by atoms with Crippen LogP contribution in [0.3, 0.4) is 0 Å². The highest BCUT2D eigenvalue weighted by Gasteiger charge is 2.12. The van der Waals surface area contributed by atoms with Gasteiger partial charge in [0.2, 0.25) is 5.91 Å². The highest BCUT2D eigenvalue weighted by molar-refractivity contribution is 7.99. The third kappa shape index (κ3) is 5.41. The molecule has 2 aromatic carbocycles. The van der Waals surface area contributed by atoms with Crippen LogP contribution in [0, 0.1) is 0 Å². The summed E-state index contributed by atoms with van der Waals surface area (Å²) in [5.74, 6) is 0.605. The molecule has 0 aliphatic rings. The highest BCUT2D eigenvalue weighted by atomic mass is 35.5. The van der Waals surface area contributed by atoms with E-state index in [-0.39, 0.29) is 5.91 Å². The Kier molecular flexibility index (Phi) is 7.62. The molecule has 0 aliphatic carbocycles. The van der Waals surface area contributed by atoms with Crippen LogP contribution in [0.25, 0.3) is 11.0 Å². The van der Waals surface area contributed by atoms with Crippen LogP contribution < -0.4 is 5.32 Å². The van der Waals surface area contributed by atoms with E-state index in [1.54, 1.807) is 18.9 Å². The molecule has 1 N–H and O–H groups in total. The van der Waals surface area contributed by atoms with E-state index >= 15 is 0 Å². The van der Waals surface area contributed by atoms with Crippen LogP contribution in [0.4, 0.5) is 0 Å². The number of hydrogen-bond acceptors (Lipinski definition) is 4. The first-order valence-electron chi connectivity index (χ1n) is 8.86. The monoisotopic (exact) mass is 437 g/mol. The fraction of sp³-hybridized carbons (Fsp3) is 0.300. The first-order valence-corrected chi connectivity index (χ1v) is 10.6. The van der Waals surface area contributed by atoms with Crippen LogP contribution in [0.1, 0.15) is 12.0 Å². The van der Waals surface area contributed by atoms with Crippen molar-refractivity contribution in [2.45, 2.75) is 24.7 Å². The molecule has 0 aliphatic heterocycles. The number of carbonyl (C=O) groups is 1. The Morgan fingerprint density at radius 3 is 2.86 bits per heavy atom. The molecule has 1 amide bonds. The quantitative estimate of drug-likeness (QED) is 0.488. The molecule has 0 radical (unpaired) electrons. The van der Waals surface area contributed by atoms with Crippen molar-refractivity contribution in [3.8, 4) is 0 Å². The van der Waals surface area contributed by atoms with E-state index in [4.69, 9.17) is 27.9 Å². The van der Waals surface area contributed by atoms with Crippen LogP contribution in [0.15, 0.2) is 47.6 Å². The first-order chi connectivity index (χ1) is 13.6. The standard InChI is InChI=1S/C20H21Cl2N3O2S/c1-27-10-9-25-18-7-6-15(21)12-17(18)24-20(25)28-11-8-19(26)23-13-14-4-2-3-5-16(14)22/h2-7,12H,8-11,13H2,1H3,(H,23,26). The summed E-state index contributed by atoms with van der Waals surface area (Å²) in [5.41, 5.74) is 2.75. The Labute approximate surface area is 178 Å². The second-order valence-electron chi connectivity index (χ2n) is 6.14. The minimum absolute atomic E-state index is 0.0185. The number of carbonyl (C=O) groups excluding carboxylic acids is 1. The maximum absolute atomic E-state index is 12.2. The lowest BCUT2D eigenvalue weighted by Gasteiger charge is -2.09. The zero-order valence-corrected chi connectivity index (χ0v) is 17.8. The number of fused-ring (bicyclic) bond motifs is 1. The number of benzene rings is 2. The molecule has 0 saturated heterocycles. The van der Waals surface area contributed by atoms with Gasteiger partial charge in [-0.15, -0.1) is 0 Å². The molecular weight excluding hydrogens is 417 g/mol. The summed E-state index contributed by atoms with van der Waals surface area (Å²) in [5, 5.41) is 5.07. The third-order valence-corrected chi connectivity index (χ3v) is 5.77. The summed E-state index contributed by atoms with van der Waals surface area (Å²) in [6, 6.07) is 13.1. The number of aromatic nitrogens is 2. The molecule has 0 fully saturated rings. The topological polar surface area (TPSA) is 56.1 Å². The van der Waals surface area contributed by atoms with Gasteiger partial charge in [-0.05, 0) is 29.8 Å². The average Bonchev–Trinajstić information content (AvgIpc) is 3.02. The van der Waals surface area contributed by atoms with Gasteiger partial charge in [0.25, 0.3) is 0 Å². The average molecular weight is 438 g/mol. The Morgan fingerprint density at radius 2 is 2.07 bits per heavy atom. The van der Waals surface area contributed by atoms with Gasteiger partial charge in [0, 0.05) is 42.4 Å². The summed E-state index contributed by atoms with van der Waals surface area (Å²) in [6.45, 7) is 1.70. The largest absolute Gasteiger partial charge is 0.383 e. The van der Waals surface area contributed by atoms with Crippen LogP contribution in [0.2, 0.25) is 10.0 Å². The van der Waals surface area contributed by atoms with Gasteiger partial charge in [-0.3, -0.25) is 4.79 Å². The molecule has 0 bridgehead atoms. The molecule has 0 unspecified atom stereocenters. The number of amides is 1. The molecule has 28 heavy (non-hydrogen) atoms. The molecule has 148 valence electrons. The van der Waals surface area contributed by atoms with E-state index in [1.165, 1.54) is 0 Å². The van der Waals surface area contributed by atoms with Crippen LogP contribution in [-0.4, -0.2) is 34.9 Å². The lowest BCUT2D eigenvalue weighted by molar-refractivity contribution is -0.120. The number of hydrogen-bond donors (Lipinski definition) is 1. The normalized spacial score (nSPS) is 11.1. The van der Waals surface area contributed by atoms with Crippen LogP contribution in [0.5, 0.6) is 0 Å². The maximum atomic E-state index is 12.2. The lowest BCUT2D eigenvalue weighted by Crippen LogP contribution is -2.23. The highest BCUT2D eigenvalue weighted by Crippen LogP contribution is 2.26. The van der Waals surface area contributed by atoms with Gasteiger partial charge >= 0.3 is 0 Å². The second kappa shape index (κ2) is 10.2. The molecule has 1 heterocycles. The molecule has 3 rings (SSSR count). The van der Waals surface area contributed by atoms with Gasteiger partial charge in [-0.25, -0.2) is 4.98 Å². The zero-order valence-electron chi connectivity index (χ0n) is 15.5. The molecule has 1 aromatic heterocycles. The van der Waals surface area contributed by atoms with E-state index < -0.39 is 0 Å². The third-order valence-electron chi connectivity index (χ3n) is 4.19. The smallest absolute Gasteiger partial charge is 0.221 e. The van der Waals surface area contributed by atoms with Gasteiger partial charge in [-0.2, -0.15) is 0 Å². The SMILES string of the molecule is COCCn1c(SCCC(=O)NCc2ccccc2Cl)nc2cc(Cl)ccc21. The number of halogens is 2. The first kappa shape index (κ1) is 21.0. The molecule has 3 aromatic rings. The Bertz CT molecular complexity index is 962.